The molecule has 0 bridgehead atoms. The maximum atomic E-state index is 8.63. The molecule has 0 aliphatic carbocycles. The van der Waals surface area contributed by atoms with Crippen LogP contribution in [0.2, 0.25) is 0 Å². The Labute approximate surface area is 124 Å². The molecule has 21 heavy (non-hydrogen) atoms. The van der Waals surface area contributed by atoms with Gasteiger partial charge in [0.2, 0.25) is 0 Å². The quantitative estimate of drug-likeness (QED) is 0.628. The summed E-state index contributed by atoms with van der Waals surface area (Å²) in [7, 11) is 0. The second-order valence-corrected chi connectivity index (χ2v) is 4.74. The zero-order chi connectivity index (χ0) is 15.2. The lowest BCUT2D eigenvalue weighted by Crippen LogP contribution is -2.36. The molecule has 0 saturated carbocycles. The first-order valence-electron chi connectivity index (χ1n) is 6.74. The topological polar surface area (TPSA) is 61.5 Å². The Morgan fingerprint density at radius 1 is 1.43 bits per heavy atom. The highest BCUT2D eigenvalue weighted by molar-refractivity contribution is 6.09. The van der Waals surface area contributed by atoms with Crippen LogP contribution in [0.5, 0.6) is 0 Å². The van der Waals surface area contributed by atoms with E-state index in [9.17, 15) is 0 Å². The lowest BCUT2D eigenvalue weighted by molar-refractivity contribution is 0.122. The normalized spacial score (nSPS) is 15.0. The number of hydrogen-bond acceptors (Lipinski definition) is 5. The molecule has 1 aliphatic heterocycles. The van der Waals surface area contributed by atoms with Gasteiger partial charge >= 0.3 is 0 Å². The van der Waals surface area contributed by atoms with E-state index in [-0.39, 0.29) is 5.70 Å². The highest BCUT2D eigenvalue weighted by Gasteiger charge is 2.13. The van der Waals surface area contributed by atoms with Crippen LogP contribution in [-0.2, 0) is 4.74 Å². The van der Waals surface area contributed by atoms with E-state index in [2.05, 4.69) is 28.0 Å². The van der Waals surface area contributed by atoms with E-state index in [1.165, 1.54) is 0 Å². The Balaban J connectivity index is 2.15. The van der Waals surface area contributed by atoms with Gasteiger partial charge in [0, 0.05) is 30.6 Å². The first-order valence-corrected chi connectivity index (χ1v) is 6.74. The van der Waals surface area contributed by atoms with Gasteiger partial charge in [0.1, 0.15) is 17.6 Å². The van der Waals surface area contributed by atoms with Gasteiger partial charge in [-0.05, 0) is 24.6 Å². The number of aliphatic imine (C=N–C) groups is 1. The summed E-state index contributed by atoms with van der Waals surface area (Å²) >= 11 is 0. The van der Waals surface area contributed by atoms with Gasteiger partial charge in [0.25, 0.3) is 0 Å². The van der Waals surface area contributed by atoms with Gasteiger partial charge in [-0.3, -0.25) is 0 Å². The standard InChI is InChI=1S/C16H18N4O/c1-12(11-18-13(2)10-17)15-4-5-16(19-14(15)3)20-6-8-21-9-7-20/h4-5,11H,1-2,6-9H2,3H3/b18-11+. The van der Waals surface area contributed by atoms with Crippen LogP contribution in [0.25, 0.3) is 5.57 Å². The SMILES string of the molecule is C=C(C#N)/N=C/C(=C)c1ccc(N2CCOCC2)nc1C. The van der Waals surface area contributed by atoms with Crippen molar-refractivity contribution >= 4 is 17.6 Å². The fourth-order valence-electron chi connectivity index (χ4n) is 2.11. The summed E-state index contributed by atoms with van der Waals surface area (Å²) in [4.78, 5) is 10.8. The van der Waals surface area contributed by atoms with Gasteiger partial charge in [0.15, 0.2) is 0 Å². The highest BCUT2D eigenvalue weighted by atomic mass is 16.5. The monoisotopic (exact) mass is 282 g/mol. The number of nitrogens with zero attached hydrogens (tertiary/aromatic N) is 4. The van der Waals surface area contributed by atoms with E-state index in [4.69, 9.17) is 10.00 Å². The minimum Gasteiger partial charge on any atom is -0.378 e. The van der Waals surface area contributed by atoms with Crippen molar-refractivity contribution in [2.45, 2.75) is 6.92 Å². The molecule has 1 aliphatic rings. The molecular formula is C16H18N4O. The Hall–Kier alpha value is -2.45. The number of morpholine rings is 1. The summed E-state index contributed by atoms with van der Waals surface area (Å²) in [5.74, 6) is 0.950. The van der Waals surface area contributed by atoms with Crippen molar-refractivity contribution in [2.24, 2.45) is 4.99 Å². The van der Waals surface area contributed by atoms with Crippen LogP contribution in [0.4, 0.5) is 5.82 Å². The van der Waals surface area contributed by atoms with Crippen molar-refractivity contribution in [2.75, 3.05) is 31.2 Å². The largest absolute Gasteiger partial charge is 0.378 e. The fraction of sp³-hybridized carbons (Fsp3) is 0.312. The fourth-order valence-corrected chi connectivity index (χ4v) is 2.11. The van der Waals surface area contributed by atoms with Crippen molar-refractivity contribution < 1.29 is 4.74 Å². The molecule has 0 unspecified atom stereocenters. The predicted octanol–water partition coefficient (Wildman–Crippen LogP) is 2.35. The van der Waals surface area contributed by atoms with E-state index in [0.29, 0.717) is 5.57 Å². The zero-order valence-electron chi connectivity index (χ0n) is 12.2. The molecule has 1 fully saturated rings. The lowest BCUT2D eigenvalue weighted by Gasteiger charge is -2.28. The molecule has 1 saturated heterocycles. The van der Waals surface area contributed by atoms with Crippen LogP contribution in [0.3, 0.4) is 0 Å². The van der Waals surface area contributed by atoms with Gasteiger partial charge in [-0.1, -0.05) is 13.2 Å². The molecule has 108 valence electrons. The van der Waals surface area contributed by atoms with Crippen molar-refractivity contribution in [3.8, 4) is 6.07 Å². The summed E-state index contributed by atoms with van der Waals surface area (Å²) < 4.78 is 5.34. The Kier molecular flexibility index (Phi) is 4.85. The van der Waals surface area contributed by atoms with Crippen LogP contribution in [-0.4, -0.2) is 37.5 Å². The summed E-state index contributed by atoms with van der Waals surface area (Å²) in [6.07, 6.45) is 1.55. The molecule has 5 nitrogen and oxygen atoms in total. The maximum absolute atomic E-state index is 8.63. The summed E-state index contributed by atoms with van der Waals surface area (Å²) in [5, 5.41) is 8.63. The minimum absolute atomic E-state index is 0.159. The van der Waals surface area contributed by atoms with Crippen LogP contribution < -0.4 is 4.90 Å². The van der Waals surface area contributed by atoms with Gasteiger partial charge in [-0.15, -0.1) is 0 Å². The molecule has 1 aromatic heterocycles. The number of anilines is 1. The van der Waals surface area contributed by atoms with E-state index < -0.39 is 0 Å². The van der Waals surface area contributed by atoms with Gasteiger partial charge < -0.3 is 9.64 Å². The summed E-state index contributed by atoms with van der Waals surface area (Å²) in [5.41, 5.74) is 2.68. The molecule has 5 heteroatoms. The van der Waals surface area contributed by atoms with Crippen LogP contribution in [0.15, 0.2) is 36.0 Å². The number of aryl methyl sites for hydroxylation is 1. The number of ether oxygens (including phenoxy) is 1. The van der Waals surface area contributed by atoms with Crippen LogP contribution >= 0.6 is 0 Å². The minimum atomic E-state index is 0.159. The number of pyridine rings is 1. The molecule has 1 aromatic rings. The molecule has 0 amide bonds. The first kappa shape index (κ1) is 14.9. The van der Waals surface area contributed by atoms with Crippen molar-refractivity contribution in [3.63, 3.8) is 0 Å². The smallest absolute Gasteiger partial charge is 0.133 e. The number of aromatic nitrogens is 1. The van der Waals surface area contributed by atoms with E-state index in [1.54, 1.807) is 6.21 Å². The third-order valence-electron chi connectivity index (χ3n) is 3.26. The number of nitriles is 1. The third kappa shape index (κ3) is 3.77. The number of rotatable bonds is 4. The van der Waals surface area contributed by atoms with Gasteiger partial charge in [-0.25, -0.2) is 9.98 Å². The van der Waals surface area contributed by atoms with E-state index >= 15 is 0 Å². The average molecular weight is 282 g/mol. The average Bonchev–Trinajstić information content (AvgIpc) is 2.53. The molecule has 0 spiro atoms. The maximum Gasteiger partial charge on any atom is 0.133 e. The van der Waals surface area contributed by atoms with Gasteiger partial charge in [0.05, 0.1) is 13.2 Å². The van der Waals surface area contributed by atoms with Gasteiger partial charge in [-0.2, -0.15) is 5.26 Å². The van der Waals surface area contributed by atoms with E-state index in [0.717, 1.165) is 43.4 Å². The third-order valence-corrected chi connectivity index (χ3v) is 3.26. The molecule has 0 atom stereocenters. The van der Waals surface area contributed by atoms with Crippen molar-refractivity contribution in [1.29, 1.82) is 5.26 Å². The Morgan fingerprint density at radius 3 is 2.76 bits per heavy atom. The highest BCUT2D eigenvalue weighted by Crippen LogP contribution is 2.20. The molecule has 0 radical (unpaired) electrons. The number of allylic oxidation sites excluding steroid dienone is 2. The first-order chi connectivity index (χ1) is 10.1. The lowest BCUT2D eigenvalue weighted by atomic mass is 10.1. The second-order valence-electron chi connectivity index (χ2n) is 4.74. The Morgan fingerprint density at radius 2 is 2.14 bits per heavy atom. The molecule has 0 N–H and O–H groups in total. The van der Waals surface area contributed by atoms with Crippen LogP contribution in [0, 0.1) is 18.3 Å². The van der Waals surface area contributed by atoms with Crippen molar-refractivity contribution in [1.82, 2.24) is 4.98 Å². The van der Waals surface area contributed by atoms with E-state index in [1.807, 2.05) is 25.1 Å². The summed E-state index contributed by atoms with van der Waals surface area (Å²) in [6.45, 7) is 12.6. The predicted molar refractivity (Wildman–Crippen MR) is 84.3 cm³/mol. The number of hydrogen-bond donors (Lipinski definition) is 0. The van der Waals surface area contributed by atoms with Crippen molar-refractivity contribution in [3.05, 3.63) is 42.2 Å². The molecule has 2 heterocycles. The molecule has 2 rings (SSSR count). The zero-order valence-corrected chi connectivity index (χ0v) is 12.2. The Bertz CT molecular complexity index is 622. The molecule has 0 aromatic carbocycles. The second kappa shape index (κ2) is 6.82. The van der Waals surface area contributed by atoms with Crippen LogP contribution in [0.1, 0.15) is 11.3 Å². The molecular weight excluding hydrogens is 264 g/mol. The summed E-state index contributed by atoms with van der Waals surface area (Å²) in [6, 6.07) is 5.83.